The summed E-state index contributed by atoms with van der Waals surface area (Å²) in [7, 11) is 0. The second kappa shape index (κ2) is 7.33. The molecule has 2 rings (SSSR count). The van der Waals surface area contributed by atoms with Crippen molar-refractivity contribution in [2.45, 2.75) is 64.2 Å². The van der Waals surface area contributed by atoms with E-state index in [2.05, 4.69) is 47.1 Å². The van der Waals surface area contributed by atoms with Crippen LogP contribution in [0.25, 0.3) is 0 Å². The summed E-state index contributed by atoms with van der Waals surface area (Å²) in [5.74, 6) is 1.80. The Morgan fingerprint density at radius 3 is 2.61 bits per heavy atom. The van der Waals surface area contributed by atoms with Crippen LogP contribution < -0.4 is 0 Å². The average Bonchev–Trinajstić information content (AvgIpc) is 2.40. The van der Waals surface area contributed by atoms with Gasteiger partial charge in [0.25, 0.3) is 0 Å². The molecule has 0 N–H and O–H groups in total. The van der Waals surface area contributed by atoms with Crippen LogP contribution in [-0.2, 0) is 0 Å². The zero-order chi connectivity index (χ0) is 12.8. The molecule has 1 saturated carbocycles. The Morgan fingerprint density at radius 1 is 1.11 bits per heavy atom. The molecule has 0 spiro atoms. The minimum Gasteiger partial charge on any atom is -0.0654 e. The maximum absolute atomic E-state index is 3.52. The number of halogens is 1. The number of benzene rings is 1. The van der Waals surface area contributed by atoms with Gasteiger partial charge in [-0.05, 0) is 42.4 Å². The molecular weight excluding hydrogens is 284 g/mol. The van der Waals surface area contributed by atoms with Crippen LogP contribution in [0.5, 0.6) is 0 Å². The van der Waals surface area contributed by atoms with Crippen molar-refractivity contribution in [3.63, 3.8) is 0 Å². The Bertz CT molecular complexity index is 341. The molecule has 0 nitrogen and oxygen atoms in total. The molecule has 1 aromatic rings. The van der Waals surface area contributed by atoms with Gasteiger partial charge in [0.1, 0.15) is 0 Å². The smallest absolute Gasteiger partial charge is 0.0175 e. The van der Waals surface area contributed by atoms with Gasteiger partial charge >= 0.3 is 0 Å². The number of unbranched alkanes of at least 4 members (excludes halogenated alkanes) is 2. The van der Waals surface area contributed by atoms with E-state index in [-0.39, 0.29) is 0 Å². The summed E-state index contributed by atoms with van der Waals surface area (Å²) in [6.07, 6.45) is 11.4. The fraction of sp³-hybridized carbons (Fsp3) is 0.647. The summed E-state index contributed by atoms with van der Waals surface area (Å²) >= 11 is 3.52. The number of hydrogen-bond acceptors (Lipinski definition) is 0. The van der Waals surface area contributed by atoms with Crippen molar-refractivity contribution in [1.29, 1.82) is 0 Å². The molecule has 0 heterocycles. The SMILES string of the molecule is CCCCCC1CCCC(c2ccc(Br)cc2)C1. The summed E-state index contributed by atoms with van der Waals surface area (Å²) in [4.78, 5) is 0. The van der Waals surface area contributed by atoms with Gasteiger partial charge < -0.3 is 0 Å². The molecule has 1 fully saturated rings. The molecule has 1 aromatic carbocycles. The van der Waals surface area contributed by atoms with Crippen LogP contribution in [0.1, 0.15) is 69.8 Å². The van der Waals surface area contributed by atoms with Gasteiger partial charge in [0.2, 0.25) is 0 Å². The normalized spacial score (nSPS) is 24.1. The number of rotatable bonds is 5. The molecule has 18 heavy (non-hydrogen) atoms. The Balaban J connectivity index is 1.88. The molecule has 0 radical (unpaired) electrons. The molecule has 0 amide bonds. The molecule has 0 aliphatic heterocycles. The highest BCUT2D eigenvalue weighted by Gasteiger charge is 2.22. The highest BCUT2D eigenvalue weighted by Crippen LogP contribution is 2.38. The van der Waals surface area contributed by atoms with E-state index in [0.29, 0.717) is 0 Å². The Labute approximate surface area is 120 Å². The van der Waals surface area contributed by atoms with Crippen LogP contribution in [-0.4, -0.2) is 0 Å². The maximum atomic E-state index is 3.52. The Morgan fingerprint density at radius 2 is 1.89 bits per heavy atom. The molecule has 0 bridgehead atoms. The topological polar surface area (TPSA) is 0 Å². The van der Waals surface area contributed by atoms with Crippen molar-refractivity contribution in [1.82, 2.24) is 0 Å². The predicted octanol–water partition coefficient (Wildman–Crippen LogP) is 6.30. The molecule has 1 aliphatic rings. The maximum Gasteiger partial charge on any atom is 0.0175 e. The van der Waals surface area contributed by atoms with Gasteiger partial charge in [-0.1, -0.05) is 73.5 Å². The minimum atomic E-state index is 0.818. The highest BCUT2D eigenvalue weighted by molar-refractivity contribution is 9.10. The van der Waals surface area contributed by atoms with E-state index in [1.165, 1.54) is 55.8 Å². The van der Waals surface area contributed by atoms with Gasteiger partial charge in [0, 0.05) is 4.47 Å². The van der Waals surface area contributed by atoms with Gasteiger partial charge in [0.15, 0.2) is 0 Å². The first-order valence-corrected chi connectivity index (χ1v) is 8.34. The van der Waals surface area contributed by atoms with Crippen molar-refractivity contribution in [2.75, 3.05) is 0 Å². The van der Waals surface area contributed by atoms with Crippen LogP contribution in [0.3, 0.4) is 0 Å². The lowest BCUT2D eigenvalue weighted by Gasteiger charge is -2.29. The molecular formula is C17H25Br. The zero-order valence-electron chi connectivity index (χ0n) is 11.5. The van der Waals surface area contributed by atoms with Gasteiger partial charge in [-0.25, -0.2) is 0 Å². The lowest BCUT2D eigenvalue weighted by atomic mass is 9.76. The fourth-order valence-corrected chi connectivity index (χ4v) is 3.54. The molecule has 0 aromatic heterocycles. The predicted molar refractivity (Wildman–Crippen MR) is 83.0 cm³/mol. The largest absolute Gasteiger partial charge is 0.0654 e. The lowest BCUT2D eigenvalue weighted by molar-refractivity contribution is 0.298. The molecule has 1 aliphatic carbocycles. The van der Waals surface area contributed by atoms with Gasteiger partial charge in [-0.3, -0.25) is 0 Å². The van der Waals surface area contributed by atoms with E-state index in [4.69, 9.17) is 0 Å². The second-order valence-corrected chi connectivity index (χ2v) is 6.69. The van der Waals surface area contributed by atoms with Crippen molar-refractivity contribution >= 4 is 15.9 Å². The summed E-state index contributed by atoms with van der Waals surface area (Å²) in [6, 6.07) is 9.00. The van der Waals surface area contributed by atoms with Gasteiger partial charge in [0.05, 0.1) is 0 Å². The first kappa shape index (κ1) is 14.1. The lowest BCUT2D eigenvalue weighted by Crippen LogP contribution is -2.14. The first-order valence-electron chi connectivity index (χ1n) is 7.55. The molecule has 1 heteroatoms. The highest BCUT2D eigenvalue weighted by atomic mass is 79.9. The quantitative estimate of drug-likeness (QED) is 0.560. The van der Waals surface area contributed by atoms with Crippen LogP contribution >= 0.6 is 15.9 Å². The van der Waals surface area contributed by atoms with E-state index < -0.39 is 0 Å². The average molecular weight is 309 g/mol. The standard InChI is InChI=1S/C17H25Br/c1-2-3-4-6-14-7-5-8-16(13-14)15-9-11-17(18)12-10-15/h9-12,14,16H,2-8,13H2,1H3. The summed E-state index contributed by atoms with van der Waals surface area (Å²) in [6.45, 7) is 2.30. The summed E-state index contributed by atoms with van der Waals surface area (Å²) in [5.41, 5.74) is 1.55. The van der Waals surface area contributed by atoms with Crippen LogP contribution in [0.4, 0.5) is 0 Å². The monoisotopic (exact) mass is 308 g/mol. The van der Waals surface area contributed by atoms with E-state index >= 15 is 0 Å². The minimum absolute atomic E-state index is 0.818. The third-order valence-corrected chi connectivity index (χ3v) is 4.87. The fourth-order valence-electron chi connectivity index (χ4n) is 3.27. The Kier molecular flexibility index (Phi) is 5.75. The van der Waals surface area contributed by atoms with Gasteiger partial charge in [-0.15, -0.1) is 0 Å². The molecule has 100 valence electrons. The van der Waals surface area contributed by atoms with Gasteiger partial charge in [-0.2, -0.15) is 0 Å². The third-order valence-electron chi connectivity index (χ3n) is 4.34. The number of hydrogen-bond donors (Lipinski definition) is 0. The molecule has 0 saturated heterocycles. The Hall–Kier alpha value is -0.300. The molecule has 2 unspecified atom stereocenters. The zero-order valence-corrected chi connectivity index (χ0v) is 13.1. The van der Waals surface area contributed by atoms with Crippen LogP contribution in [0.2, 0.25) is 0 Å². The van der Waals surface area contributed by atoms with Crippen molar-refractivity contribution < 1.29 is 0 Å². The van der Waals surface area contributed by atoms with Crippen LogP contribution in [0, 0.1) is 5.92 Å². The van der Waals surface area contributed by atoms with E-state index in [1.807, 2.05) is 0 Å². The summed E-state index contributed by atoms with van der Waals surface area (Å²) in [5, 5.41) is 0. The van der Waals surface area contributed by atoms with Crippen LogP contribution in [0.15, 0.2) is 28.7 Å². The van der Waals surface area contributed by atoms with E-state index in [1.54, 1.807) is 5.56 Å². The molecule has 2 atom stereocenters. The first-order chi connectivity index (χ1) is 8.79. The van der Waals surface area contributed by atoms with Crippen molar-refractivity contribution in [3.05, 3.63) is 34.3 Å². The summed E-state index contributed by atoms with van der Waals surface area (Å²) < 4.78 is 1.20. The van der Waals surface area contributed by atoms with Crippen molar-refractivity contribution in [2.24, 2.45) is 5.92 Å². The third kappa shape index (κ3) is 4.12. The van der Waals surface area contributed by atoms with E-state index in [0.717, 1.165) is 11.8 Å². The van der Waals surface area contributed by atoms with Crippen molar-refractivity contribution in [3.8, 4) is 0 Å². The second-order valence-electron chi connectivity index (χ2n) is 5.78. The van der Waals surface area contributed by atoms with E-state index in [9.17, 15) is 0 Å².